The van der Waals surface area contributed by atoms with Gasteiger partial charge in [0.1, 0.15) is 0 Å². The third kappa shape index (κ3) is 4.55. The Morgan fingerprint density at radius 2 is 0.958 bits per heavy atom. The molecule has 0 bridgehead atoms. The van der Waals surface area contributed by atoms with Gasteiger partial charge < -0.3 is 4.57 Å². The lowest BCUT2D eigenvalue weighted by Gasteiger charge is -2.34. The van der Waals surface area contributed by atoms with Crippen LogP contribution in [-0.4, -0.2) is 12.6 Å². The fourth-order valence-corrected chi connectivity index (χ4v) is 12.1. The summed E-state index contributed by atoms with van der Waals surface area (Å²) in [5.41, 5.74) is 5.34. The molecule has 8 rings (SSSR count). The van der Waals surface area contributed by atoms with Crippen molar-refractivity contribution in [2.45, 2.75) is 0 Å². The van der Waals surface area contributed by atoms with Gasteiger partial charge in [0.15, 0.2) is 13.8 Å². The number of para-hydroxylation sites is 2. The monoisotopic (exact) mass is 627 g/mol. The van der Waals surface area contributed by atoms with Gasteiger partial charge in [0, 0.05) is 22.0 Å². The van der Waals surface area contributed by atoms with Gasteiger partial charge in [-0.25, -0.2) is 4.85 Å². The van der Waals surface area contributed by atoms with Crippen LogP contribution in [0.5, 0.6) is 0 Å². The van der Waals surface area contributed by atoms with Gasteiger partial charge >= 0.3 is 0 Å². The van der Waals surface area contributed by atoms with Gasteiger partial charge in [-0.1, -0.05) is 152 Å². The van der Waals surface area contributed by atoms with E-state index in [9.17, 15) is 5.26 Å². The minimum atomic E-state index is -2.69. The van der Waals surface area contributed by atoms with Crippen molar-refractivity contribution in [2.24, 2.45) is 0 Å². The van der Waals surface area contributed by atoms with E-state index < -0.39 is 8.07 Å². The van der Waals surface area contributed by atoms with E-state index in [1.807, 2.05) is 36.4 Å². The molecule has 0 aliphatic rings. The molecule has 48 heavy (non-hydrogen) atoms. The van der Waals surface area contributed by atoms with Crippen LogP contribution in [-0.2, 0) is 0 Å². The Morgan fingerprint density at radius 1 is 0.521 bits per heavy atom. The topological polar surface area (TPSA) is 33.1 Å². The first kappa shape index (κ1) is 29.0. The van der Waals surface area contributed by atoms with Crippen molar-refractivity contribution in [3.8, 4) is 22.9 Å². The number of fused-ring (bicyclic) bond motifs is 3. The van der Waals surface area contributed by atoms with E-state index in [-0.39, 0.29) is 0 Å². The molecular formula is C44H29N3Si. The van der Waals surface area contributed by atoms with Crippen molar-refractivity contribution in [1.29, 1.82) is 5.26 Å². The SMILES string of the molecule is [C-]#[N+]c1cc(-n2c3ccccc3c3ccccc32)cc(C#N)c1-c1ccc([Si](c2ccccc2)(c2ccccc2)c2ccccc2)cc1. The molecule has 0 saturated heterocycles. The molecular weight excluding hydrogens is 599 g/mol. The number of rotatable bonds is 6. The quantitative estimate of drug-likeness (QED) is 0.104. The first-order valence-electron chi connectivity index (χ1n) is 16.0. The maximum atomic E-state index is 10.5. The molecule has 0 radical (unpaired) electrons. The highest BCUT2D eigenvalue weighted by molar-refractivity contribution is 7.19. The lowest BCUT2D eigenvalue weighted by molar-refractivity contribution is 1.18. The van der Waals surface area contributed by atoms with Crippen LogP contribution in [0.25, 0.3) is 43.5 Å². The Morgan fingerprint density at radius 3 is 1.42 bits per heavy atom. The third-order valence-corrected chi connectivity index (χ3v) is 14.2. The fraction of sp³-hybridized carbons (Fsp3) is 0. The molecule has 0 aliphatic heterocycles. The van der Waals surface area contributed by atoms with Crippen LogP contribution in [0.15, 0.2) is 176 Å². The molecule has 4 heteroatoms. The number of nitrogens with zero attached hydrogens (tertiary/aromatic N) is 3. The van der Waals surface area contributed by atoms with Gasteiger partial charge in [0.05, 0.1) is 29.2 Å². The van der Waals surface area contributed by atoms with Crippen molar-refractivity contribution >= 4 is 56.3 Å². The summed E-state index contributed by atoms with van der Waals surface area (Å²) >= 11 is 0. The standard InChI is InChI=1S/C44H29N3Si/c1-46-41-30-34(47-42-23-13-11-21-39(42)40-22-12-14-24-43(40)47)29-33(31-45)44(41)32-25-27-38(28-26-32)48(35-15-5-2-6-16-35,36-17-7-3-8-18-36)37-19-9-4-10-20-37/h2-30H. The van der Waals surface area contributed by atoms with E-state index in [1.54, 1.807) is 0 Å². The molecule has 0 amide bonds. The zero-order valence-corrected chi connectivity index (χ0v) is 27.1. The number of nitriles is 1. The average Bonchev–Trinajstić information content (AvgIpc) is 3.51. The Balaban J connectivity index is 1.32. The second-order valence-corrected chi connectivity index (χ2v) is 15.7. The van der Waals surface area contributed by atoms with E-state index in [0.717, 1.165) is 33.1 Å². The maximum Gasteiger partial charge on any atom is 0.198 e. The summed E-state index contributed by atoms with van der Waals surface area (Å²) in [7, 11) is -2.69. The normalized spacial score (nSPS) is 11.3. The van der Waals surface area contributed by atoms with Gasteiger partial charge in [-0.15, -0.1) is 0 Å². The average molecular weight is 628 g/mol. The van der Waals surface area contributed by atoms with Gasteiger partial charge in [-0.3, -0.25) is 0 Å². The van der Waals surface area contributed by atoms with Crippen LogP contribution < -0.4 is 20.7 Å². The van der Waals surface area contributed by atoms with E-state index in [0.29, 0.717) is 16.8 Å². The summed E-state index contributed by atoms with van der Waals surface area (Å²) in [5.74, 6) is 0. The summed E-state index contributed by atoms with van der Waals surface area (Å²) in [6, 6.07) is 63.9. The van der Waals surface area contributed by atoms with Crippen molar-refractivity contribution in [2.75, 3.05) is 0 Å². The number of benzene rings is 7. The Bertz CT molecular complexity index is 2320. The number of aromatic nitrogens is 1. The lowest BCUT2D eigenvalue weighted by atomic mass is 9.97. The van der Waals surface area contributed by atoms with Gasteiger partial charge in [0.2, 0.25) is 0 Å². The first-order valence-corrected chi connectivity index (χ1v) is 18.0. The third-order valence-electron chi connectivity index (χ3n) is 9.41. The van der Waals surface area contributed by atoms with Crippen molar-refractivity contribution in [3.05, 3.63) is 193 Å². The molecule has 1 heterocycles. The summed E-state index contributed by atoms with van der Waals surface area (Å²) in [6.07, 6.45) is 0. The molecule has 0 fully saturated rings. The van der Waals surface area contributed by atoms with E-state index in [4.69, 9.17) is 6.57 Å². The molecule has 0 unspecified atom stereocenters. The van der Waals surface area contributed by atoms with Crippen LogP contribution in [0, 0.1) is 17.9 Å². The van der Waals surface area contributed by atoms with Gasteiger partial charge in [-0.2, -0.15) is 5.26 Å². The molecule has 3 nitrogen and oxygen atoms in total. The summed E-state index contributed by atoms with van der Waals surface area (Å²) < 4.78 is 2.16. The predicted molar refractivity (Wildman–Crippen MR) is 201 cm³/mol. The smallest absolute Gasteiger partial charge is 0.198 e. The summed E-state index contributed by atoms with van der Waals surface area (Å²) in [4.78, 5) is 3.99. The van der Waals surface area contributed by atoms with Crippen molar-refractivity contribution in [3.63, 3.8) is 0 Å². The van der Waals surface area contributed by atoms with Crippen LogP contribution >= 0.6 is 0 Å². The van der Waals surface area contributed by atoms with Crippen LogP contribution in [0.1, 0.15) is 5.56 Å². The summed E-state index contributed by atoms with van der Waals surface area (Å²) in [6.45, 7) is 8.25. The number of hydrogen-bond acceptors (Lipinski definition) is 1. The highest BCUT2D eigenvalue weighted by Crippen LogP contribution is 2.39. The Kier molecular flexibility index (Phi) is 7.27. The van der Waals surface area contributed by atoms with Crippen LogP contribution in [0.3, 0.4) is 0 Å². The van der Waals surface area contributed by atoms with Crippen molar-refractivity contribution in [1.82, 2.24) is 4.57 Å². The second-order valence-electron chi connectivity index (χ2n) is 11.9. The van der Waals surface area contributed by atoms with Gasteiger partial charge in [-0.05, 0) is 50.6 Å². The summed E-state index contributed by atoms with van der Waals surface area (Å²) in [5, 5.41) is 17.9. The van der Waals surface area contributed by atoms with E-state index >= 15 is 0 Å². The molecule has 0 atom stereocenters. The lowest BCUT2D eigenvalue weighted by Crippen LogP contribution is -2.74. The molecule has 224 valence electrons. The van der Waals surface area contributed by atoms with Crippen molar-refractivity contribution < 1.29 is 0 Å². The highest BCUT2D eigenvalue weighted by atomic mass is 28.3. The zero-order chi connectivity index (χ0) is 32.5. The largest absolute Gasteiger partial charge is 0.310 e. The molecule has 0 aliphatic carbocycles. The Hall–Kier alpha value is -6.46. The maximum absolute atomic E-state index is 10.5. The van der Waals surface area contributed by atoms with E-state index in [1.165, 1.54) is 20.7 Å². The van der Waals surface area contributed by atoms with Gasteiger partial charge in [0.25, 0.3) is 0 Å². The second kappa shape index (κ2) is 12.0. The van der Waals surface area contributed by atoms with Crippen LogP contribution in [0.2, 0.25) is 0 Å². The predicted octanol–water partition coefficient (Wildman–Crippen LogP) is 8.25. The molecule has 1 aromatic heterocycles. The van der Waals surface area contributed by atoms with Crippen LogP contribution in [0.4, 0.5) is 5.69 Å². The zero-order valence-electron chi connectivity index (χ0n) is 26.1. The molecule has 0 N–H and O–H groups in total. The molecule has 0 spiro atoms. The molecule has 0 saturated carbocycles. The highest BCUT2D eigenvalue weighted by Gasteiger charge is 2.41. The first-order chi connectivity index (χ1) is 23.7. The minimum absolute atomic E-state index is 0.455. The molecule has 7 aromatic carbocycles. The number of hydrogen-bond donors (Lipinski definition) is 0. The fourth-order valence-electron chi connectivity index (χ4n) is 7.37. The minimum Gasteiger partial charge on any atom is -0.310 e. The molecule has 8 aromatic rings. The van der Waals surface area contributed by atoms with E-state index in [2.05, 4.69) is 155 Å². The Labute approximate surface area is 281 Å².